The van der Waals surface area contributed by atoms with Gasteiger partial charge in [0.25, 0.3) is 11.5 Å². The Morgan fingerprint density at radius 3 is 2.63 bits per heavy atom. The van der Waals surface area contributed by atoms with Crippen LogP contribution >= 0.6 is 0 Å². The Kier molecular flexibility index (Phi) is 5.37. The third-order valence-electron chi connectivity index (χ3n) is 4.69. The van der Waals surface area contributed by atoms with E-state index in [1.54, 1.807) is 36.9 Å². The van der Waals surface area contributed by atoms with Crippen LogP contribution in [0.15, 0.2) is 41.3 Å². The Bertz CT molecular complexity index is 1070. The molecule has 6 heteroatoms. The predicted octanol–water partition coefficient (Wildman–Crippen LogP) is 3.22. The highest BCUT2D eigenvalue weighted by atomic mass is 16.5. The van der Waals surface area contributed by atoms with Crippen LogP contribution in [0.5, 0.6) is 0 Å². The second-order valence-corrected chi connectivity index (χ2v) is 6.61. The van der Waals surface area contributed by atoms with Crippen LogP contribution in [0, 0.1) is 20.8 Å². The average molecular weight is 365 g/mol. The van der Waals surface area contributed by atoms with E-state index in [9.17, 15) is 9.59 Å². The van der Waals surface area contributed by atoms with Crippen LogP contribution in [0.3, 0.4) is 0 Å². The molecule has 3 rings (SSSR count). The van der Waals surface area contributed by atoms with Crippen molar-refractivity contribution in [3.05, 3.63) is 69.3 Å². The molecule has 1 amide bonds. The summed E-state index contributed by atoms with van der Waals surface area (Å²) >= 11 is 0. The molecule has 0 saturated carbocycles. The molecule has 1 N–H and O–H groups in total. The lowest BCUT2D eigenvalue weighted by Gasteiger charge is -2.11. The lowest BCUT2D eigenvalue weighted by molar-refractivity contribution is 0.102. The molecule has 0 radical (unpaired) electrons. The molecule has 27 heavy (non-hydrogen) atoms. The summed E-state index contributed by atoms with van der Waals surface area (Å²) in [4.78, 5) is 29.9. The van der Waals surface area contributed by atoms with Crippen LogP contribution < -0.4 is 10.9 Å². The van der Waals surface area contributed by atoms with Crippen molar-refractivity contribution < 1.29 is 9.53 Å². The number of nitrogens with zero attached hydrogens (tertiary/aromatic N) is 2. The van der Waals surface area contributed by atoms with Crippen molar-refractivity contribution in [2.75, 3.05) is 19.0 Å². The van der Waals surface area contributed by atoms with E-state index in [0.717, 1.165) is 11.1 Å². The van der Waals surface area contributed by atoms with Crippen molar-refractivity contribution in [1.82, 2.24) is 9.55 Å². The molecule has 2 heterocycles. The summed E-state index contributed by atoms with van der Waals surface area (Å²) in [7, 11) is 1.59. The number of aryl methyl sites for hydroxylation is 3. The fourth-order valence-electron chi connectivity index (χ4n) is 2.92. The van der Waals surface area contributed by atoms with Crippen molar-refractivity contribution in [3.8, 4) is 0 Å². The second kappa shape index (κ2) is 7.72. The van der Waals surface area contributed by atoms with E-state index in [0.29, 0.717) is 41.0 Å². The molecule has 1 aromatic carbocycles. The first-order chi connectivity index (χ1) is 12.9. The maximum Gasteiger partial charge on any atom is 0.260 e. The number of methoxy groups -OCH3 is 1. The molecule has 0 aliphatic heterocycles. The van der Waals surface area contributed by atoms with Crippen molar-refractivity contribution in [2.45, 2.75) is 27.3 Å². The van der Waals surface area contributed by atoms with Gasteiger partial charge in [0.2, 0.25) is 0 Å². The zero-order chi connectivity index (χ0) is 19.6. The minimum absolute atomic E-state index is 0.183. The maximum atomic E-state index is 12.8. The molecule has 0 saturated heterocycles. The van der Waals surface area contributed by atoms with E-state index in [1.165, 1.54) is 0 Å². The van der Waals surface area contributed by atoms with Gasteiger partial charge in [0.1, 0.15) is 0 Å². The first-order valence-corrected chi connectivity index (χ1v) is 8.79. The van der Waals surface area contributed by atoms with E-state index < -0.39 is 0 Å². The van der Waals surface area contributed by atoms with E-state index >= 15 is 0 Å². The van der Waals surface area contributed by atoms with Crippen LogP contribution in [0.25, 0.3) is 10.9 Å². The second-order valence-electron chi connectivity index (χ2n) is 6.61. The van der Waals surface area contributed by atoms with Gasteiger partial charge in [-0.3, -0.25) is 14.6 Å². The number of amides is 1. The zero-order valence-electron chi connectivity index (χ0n) is 16.0. The topological polar surface area (TPSA) is 73.2 Å². The van der Waals surface area contributed by atoms with E-state index in [1.807, 2.05) is 32.0 Å². The van der Waals surface area contributed by atoms with Crippen molar-refractivity contribution in [3.63, 3.8) is 0 Å². The Labute approximate surface area is 157 Å². The number of anilines is 1. The van der Waals surface area contributed by atoms with Crippen LogP contribution in [0.2, 0.25) is 0 Å². The minimum atomic E-state index is -0.281. The molecular weight excluding hydrogens is 342 g/mol. The molecule has 3 aromatic rings. The van der Waals surface area contributed by atoms with Gasteiger partial charge >= 0.3 is 0 Å². The molecule has 140 valence electrons. The third kappa shape index (κ3) is 3.90. The Morgan fingerprint density at radius 2 is 1.93 bits per heavy atom. The summed E-state index contributed by atoms with van der Waals surface area (Å²) in [5.41, 5.74) is 4.34. The summed E-state index contributed by atoms with van der Waals surface area (Å²) in [5, 5.41) is 3.31. The average Bonchev–Trinajstić information content (AvgIpc) is 2.64. The van der Waals surface area contributed by atoms with Crippen LogP contribution in [0.4, 0.5) is 5.69 Å². The number of hydrogen-bond donors (Lipinski definition) is 1. The van der Waals surface area contributed by atoms with Gasteiger partial charge in [-0.15, -0.1) is 0 Å². The van der Waals surface area contributed by atoms with Gasteiger partial charge in [-0.2, -0.15) is 0 Å². The lowest BCUT2D eigenvalue weighted by Crippen LogP contribution is -2.23. The highest BCUT2D eigenvalue weighted by Crippen LogP contribution is 2.18. The number of aromatic nitrogens is 2. The molecule has 0 fully saturated rings. The summed E-state index contributed by atoms with van der Waals surface area (Å²) in [6, 6.07) is 9.16. The zero-order valence-corrected chi connectivity index (χ0v) is 16.0. The van der Waals surface area contributed by atoms with Crippen LogP contribution in [0.1, 0.15) is 27.2 Å². The number of carbonyl (C=O) groups excluding carboxylic acids is 1. The fourth-order valence-corrected chi connectivity index (χ4v) is 2.92. The molecule has 2 aromatic heterocycles. The number of ether oxygens (including phenoxy) is 1. The lowest BCUT2D eigenvalue weighted by atomic mass is 10.1. The highest BCUT2D eigenvalue weighted by molar-refractivity contribution is 6.06. The van der Waals surface area contributed by atoms with Gasteiger partial charge in [0, 0.05) is 25.5 Å². The van der Waals surface area contributed by atoms with Crippen LogP contribution in [-0.2, 0) is 11.3 Å². The van der Waals surface area contributed by atoms with Gasteiger partial charge < -0.3 is 14.6 Å². The molecule has 0 spiro atoms. The molecule has 0 atom stereocenters. The summed E-state index contributed by atoms with van der Waals surface area (Å²) in [5.74, 6) is -0.281. The van der Waals surface area contributed by atoms with E-state index in [2.05, 4.69) is 10.3 Å². The van der Waals surface area contributed by atoms with Gasteiger partial charge in [0.05, 0.1) is 28.8 Å². The molecule has 6 nitrogen and oxygen atoms in total. The minimum Gasteiger partial charge on any atom is -0.383 e. The molecule has 0 bridgehead atoms. The van der Waals surface area contributed by atoms with Crippen molar-refractivity contribution >= 4 is 22.5 Å². The number of rotatable bonds is 5. The molecular formula is C21H23N3O3. The normalized spacial score (nSPS) is 11.0. The van der Waals surface area contributed by atoms with Gasteiger partial charge in [-0.1, -0.05) is 6.07 Å². The number of benzene rings is 1. The number of nitrogens with one attached hydrogen (secondary N) is 1. The standard InChI is InChI=1S/C21H23N3O3/c1-13-5-6-16(11-14(13)2)23-20(25)17-12-18-19(22-15(17)3)7-8-24(21(18)26)9-10-27-4/h5-8,11-12H,9-10H2,1-4H3,(H,23,25). The predicted molar refractivity (Wildman–Crippen MR) is 106 cm³/mol. The fraction of sp³-hybridized carbons (Fsp3) is 0.286. The van der Waals surface area contributed by atoms with Crippen LogP contribution in [-0.4, -0.2) is 29.2 Å². The SMILES string of the molecule is COCCn1ccc2nc(C)c(C(=O)Nc3ccc(C)c(C)c3)cc2c1=O. The Morgan fingerprint density at radius 1 is 1.15 bits per heavy atom. The Hall–Kier alpha value is -2.99. The smallest absolute Gasteiger partial charge is 0.260 e. The van der Waals surface area contributed by atoms with Crippen molar-refractivity contribution in [1.29, 1.82) is 0 Å². The van der Waals surface area contributed by atoms with Gasteiger partial charge in [-0.25, -0.2) is 0 Å². The molecule has 0 aliphatic rings. The highest BCUT2D eigenvalue weighted by Gasteiger charge is 2.14. The molecule has 0 aliphatic carbocycles. The van der Waals surface area contributed by atoms with E-state index in [-0.39, 0.29) is 11.5 Å². The van der Waals surface area contributed by atoms with E-state index in [4.69, 9.17) is 4.74 Å². The number of fused-ring (bicyclic) bond motifs is 1. The number of hydrogen-bond acceptors (Lipinski definition) is 4. The summed E-state index contributed by atoms with van der Waals surface area (Å²) < 4.78 is 6.60. The molecule has 0 unspecified atom stereocenters. The summed E-state index contributed by atoms with van der Waals surface area (Å²) in [6.45, 7) is 6.67. The number of carbonyl (C=O) groups is 1. The number of pyridine rings is 2. The third-order valence-corrected chi connectivity index (χ3v) is 4.69. The van der Waals surface area contributed by atoms with Crippen molar-refractivity contribution in [2.24, 2.45) is 0 Å². The van der Waals surface area contributed by atoms with Gasteiger partial charge in [0.15, 0.2) is 0 Å². The van der Waals surface area contributed by atoms with Gasteiger partial charge in [-0.05, 0) is 56.2 Å². The first-order valence-electron chi connectivity index (χ1n) is 8.79. The largest absolute Gasteiger partial charge is 0.383 e. The first kappa shape index (κ1) is 18.8. The monoisotopic (exact) mass is 365 g/mol. The quantitative estimate of drug-likeness (QED) is 0.753. The summed E-state index contributed by atoms with van der Waals surface area (Å²) in [6.07, 6.45) is 1.70. The maximum absolute atomic E-state index is 12.8. The Balaban J connectivity index is 1.98.